The molecule has 8 aromatic rings. The van der Waals surface area contributed by atoms with Crippen LogP contribution in [0, 0.1) is 0 Å². The topological polar surface area (TPSA) is 16.4 Å². The molecule has 0 saturated heterocycles. The molecule has 0 bridgehead atoms. The standard InChI is InChI=1S/C40H27NO/c1-2-10-28(11-3-1)30-22-24-34(25-23-30)41(38-18-9-17-37-36-16-6-7-19-39(36)42-40(37)38)35-15-8-14-32(27-35)33-21-20-29-12-4-5-13-31(29)26-33/h1-27H. The Bertz CT molecular complexity index is 2190. The van der Waals surface area contributed by atoms with E-state index in [1.54, 1.807) is 0 Å². The van der Waals surface area contributed by atoms with Crippen molar-refractivity contribution in [2.45, 2.75) is 0 Å². The van der Waals surface area contributed by atoms with Crippen LogP contribution in [-0.2, 0) is 0 Å². The molecular weight excluding hydrogens is 510 g/mol. The smallest absolute Gasteiger partial charge is 0.159 e. The van der Waals surface area contributed by atoms with Gasteiger partial charge in [-0.15, -0.1) is 0 Å². The van der Waals surface area contributed by atoms with Crippen molar-refractivity contribution in [1.29, 1.82) is 0 Å². The van der Waals surface area contributed by atoms with Gasteiger partial charge in [0.25, 0.3) is 0 Å². The van der Waals surface area contributed by atoms with Gasteiger partial charge in [0.2, 0.25) is 0 Å². The van der Waals surface area contributed by atoms with Crippen molar-refractivity contribution < 1.29 is 4.42 Å². The Balaban J connectivity index is 1.31. The molecule has 2 nitrogen and oxygen atoms in total. The second-order valence-electron chi connectivity index (χ2n) is 10.6. The largest absolute Gasteiger partial charge is 0.454 e. The van der Waals surface area contributed by atoms with Crippen molar-refractivity contribution in [1.82, 2.24) is 0 Å². The van der Waals surface area contributed by atoms with Crippen LogP contribution in [0.2, 0.25) is 0 Å². The van der Waals surface area contributed by atoms with Gasteiger partial charge in [-0.3, -0.25) is 0 Å². The monoisotopic (exact) mass is 537 g/mol. The maximum atomic E-state index is 6.52. The van der Waals surface area contributed by atoms with Gasteiger partial charge >= 0.3 is 0 Å². The Hall–Kier alpha value is -5.60. The van der Waals surface area contributed by atoms with E-state index < -0.39 is 0 Å². The molecule has 0 amide bonds. The van der Waals surface area contributed by atoms with Crippen molar-refractivity contribution in [3.63, 3.8) is 0 Å². The summed E-state index contributed by atoms with van der Waals surface area (Å²) in [7, 11) is 0. The normalized spacial score (nSPS) is 11.3. The Labute approximate surface area is 244 Å². The van der Waals surface area contributed by atoms with E-state index in [4.69, 9.17) is 4.42 Å². The van der Waals surface area contributed by atoms with E-state index in [0.717, 1.165) is 39.0 Å². The summed E-state index contributed by atoms with van der Waals surface area (Å²) in [5.74, 6) is 0. The summed E-state index contributed by atoms with van der Waals surface area (Å²) < 4.78 is 6.52. The zero-order chi connectivity index (χ0) is 27.9. The second kappa shape index (κ2) is 10.1. The molecule has 0 aliphatic rings. The number of rotatable bonds is 5. The van der Waals surface area contributed by atoms with Gasteiger partial charge in [0, 0.05) is 22.1 Å². The Kier molecular flexibility index (Phi) is 5.82. The lowest BCUT2D eigenvalue weighted by Crippen LogP contribution is -2.10. The van der Waals surface area contributed by atoms with E-state index in [2.05, 4.69) is 157 Å². The molecule has 0 atom stereocenters. The molecule has 0 aliphatic carbocycles. The summed E-state index contributed by atoms with van der Waals surface area (Å²) >= 11 is 0. The number of anilines is 3. The molecule has 0 aliphatic heterocycles. The van der Waals surface area contributed by atoms with Crippen LogP contribution < -0.4 is 4.90 Å². The zero-order valence-corrected chi connectivity index (χ0v) is 22.9. The third kappa shape index (κ3) is 4.22. The maximum absolute atomic E-state index is 6.52. The van der Waals surface area contributed by atoms with Crippen molar-refractivity contribution in [2.24, 2.45) is 0 Å². The summed E-state index contributed by atoms with van der Waals surface area (Å²) in [5, 5.41) is 4.72. The molecule has 0 unspecified atom stereocenters. The molecule has 42 heavy (non-hydrogen) atoms. The van der Waals surface area contributed by atoms with Gasteiger partial charge in [-0.1, -0.05) is 121 Å². The first-order valence-corrected chi connectivity index (χ1v) is 14.3. The Morgan fingerprint density at radius 2 is 1.02 bits per heavy atom. The van der Waals surface area contributed by atoms with E-state index in [9.17, 15) is 0 Å². The highest BCUT2D eigenvalue weighted by Gasteiger charge is 2.19. The third-order valence-electron chi connectivity index (χ3n) is 8.04. The number of furan rings is 1. The van der Waals surface area contributed by atoms with Crippen LogP contribution >= 0.6 is 0 Å². The lowest BCUT2D eigenvalue weighted by molar-refractivity contribution is 0.669. The predicted molar refractivity (Wildman–Crippen MR) is 177 cm³/mol. The highest BCUT2D eigenvalue weighted by Crippen LogP contribution is 2.43. The average molecular weight is 538 g/mol. The summed E-state index contributed by atoms with van der Waals surface area (Å²) in [5.41, 5.74) is 9.66. The van der Waals surface area contributed by atoms with Gasteiger partial charge in [0.1, 0.15) is 5.58 Å². The molecule has 198 valence electrons. The summed E-state index contributed by atoms with van der Waals surface area (Å²) in [4.78, 5) is 2.31. The highest BCUT2D eigenvalue weighted by molar-refractivity contribution is 6.10. The Morgan fingerprint density at radius 1 is 0.381 bits per heavy atom. The first-order valence-electron chi connectivity index (χ1n) is 14.3. The maximum Gasteiger partial charge on any atom is 0.159 e. The fourth-order valence-corrected chi connectivity index (χ4v) is 5.96. The van der Waals surface area contributed by atoms with Gasteiger partial charge in [-0.05, 0) is 75.5 Å². The molecule has 8 rings (SSSR count). The summed E-state index contributed by atoms with van der Waals surface area (Å²) in [6.45, 7) is 0. The lowest BCUT2D eigenvalue weighted by atomic mass is 10.00. The third-order valence-corrected chi connectivity index (χ3v) is 8.04. The minimum Gasteiger partial charge on any atom is -0.454 e. The fraction of sp³-hybridized carbons (Fsp3) is 0. The van der Waals surface area contributed by atoms with Crippen LogP contribution in [0.15, 0.2) is 168 Å². The van der Waals surface area contributed by atoms with Crippen molar-refractivity contribution in [2.75, 3.05) is 4.90 Å². The number of benzene rings is 7. The minimum absolute atomic E-state index is 0.877. The molecule has 7 aromatic carbocycles. The number of fused-ring (bicyclic) bond motifs is 4. The minimum atomic E-state index is 0.877. The van der Waals surface area contributed by atoms with E-state index in [1.165, 1.54) is 33.0 Å². The van der Waals surface area contributed by atoms with E-state index in [-0.39, 0.29) is 0 Å². The van der Waals surface area contributed by atoms with Crippen LogP contribution in [0.1, 0.15) is 0 Å². The van der Waals surface area contributed by atoms with Crippen LogP contribution in [0.25, 0.3) is 55.0 Å². The molecule has 0 N–H and O–H groups in total. The van der Waals surface area contributed by atoms with Crippen LogP contribution in [0.5, 0.6) is 0 Å². The SMILES string of the molecule is c1ccc(-c2ccc(N(c3cccc(-c4ccc5ccccc5c4)c3)c3cccc4c3oc3ccccc34)cc2)cc1. The van der Waals surface area contributed by atoms with Gasteiger partial charge in [-0.2, -0.15) is 0 Å². The average Bonchev–Trinajstić information content (AvgIpc) is 3.45. The Morgan fingerprint density at radius 3 is 1.90 bits per heavy atom. The molecule has 1 aromatic heterocycles. The molecule has 0 spiro atoms. The quantitative estimate of drug-likeness (QED) is 0.217. The van der Waals surface area contributed by atoms with E-state index in [0.29, 0.717) is 0 Å². The molecular formula is C40H27NO. The fourth-order valence-electron chi connectivity index (χ4n) is 5.96. The highest BCUT2D eigenvalue weighted by atomic mass is 16.3. The van der Waals surface area contributed by atoms with Gasteiger partial charge in [0.15, 0.2) is 5.58 Å². The van der Waals surface area contributed by atoms with Crippen LogP contribution in [-0.4, -0.2) is 0 Å². The summed E-state index contributed by atoms with van der Waals surface area (Å²) in [6.07, 6.45) is 0. The first kappa shape index (κ1) is 24.2. The van der Waals surface area contributed by atoms with E-state index >= 15 is 0 Å². The van der Waals surface area contributed by atoms with Gasteiger partial charge in [-0.25, -0.2) is 0 Å². The van der Waals surface area contributed by atoms with Crippen molar-refractivity contribution >= 4 is 49.8 Å². The van der Waals surface area contributed by atoms with Crippen molar-refractivity contribution in [3.05, 3.63) is 164 Å². The zero-order valence-electron chi connectivity index (χ0n) is 22.9. The molecule has 2 heteroatoms. The molecule has 0 fully saturated rings. The predicted octanol–water partition coefficient (Wildman–Crippen LogP) is 11.5. The lowest BCUT2D eigenvalue weighted by Gasteiger charge is -2.26. The number of para-hydroxylation sites is 2. The molecule has 0 radical (unpaired) electrons. The number of hydrogen-bond acceptors (Lipinski definition) is 2. The van der Waals surface area contributed by atoms with E-state index in [1.807, 2.05) is 12.1 Å². The molecule has 0 saturated carbocycles. The van der Waals surface area contributed by atoms with Crippen LogP contribution in [0.3, 0.4) is 0 Å². The van der Waals surface area contributed by atoms with Crippen LogP contribution in [0.4, 0.5) is 17.1 Å². The first-order chi connectivity index (χ1) is 20.8. The van der Waals surface area contributed by atoms with Gasteiger partial charge in [0.05, 0.1) is 5.69 Å². The van der Waals surface area contributed by atoms with Crippen molar-refractivity contribution in [3.8, 4) is 22.3 Å². The number of nitrogens with zero attached hydrogens (tertiary/aromatic N) is 1. The number of hydrogen-bond donors (Lipinski definition) is 0. The second-order valence-corrected chi connectivity index (χ2v) is 10.6. The summed E-state index contributed by atoms with van der Waals surface area (Å²) in [6, 6.07) is 58.0. The molecule has 1 heterocycles. The van der Waals surface area contributed by atoms with Gasteiger partial charge < -0.3 is 9.32 Å².